The third kappa shape index (κ3) is 4.09. The maximum absolute atomic E-state index is 5.34. The molecule has 4 rings (SSSR count). The standard InChI is InChI=1S/C22H24N4O/c1-16-10-18(6-7-23-16)21-12-22-19(13-25-21)15-26(9-8-24-22)14-17-4-3-5-20(11-17)27-2/h3-7,10-13,24H,8-9,14-15H2,1-2H3. The molecule has 1 N–H and O–H groups in total. The first-order chi connectivity index (χ1) is 13.2. The Morgan fingerprint density at radius 1 is 1.15 bits per heavy atom. The number of anilines is 1. The summed E-state index contributed by atoms with van der Waals surface area (Å²) in [5.41, 5.74) is 6.74. The molecule has 3 aromatic rings. The molecule has 2 aromatic heterocycles. The van der Waals surface area contributed by atoms with E-state index in [-0.39, 0.29) is 0 Å². The molecule has 138 valence electrons. The van der Waals surface area contributed by atoms with E-state index in [0.717, 1.165) is 48.9 Å². The first kappa shape index (κ1) is 17.5. The van der Waals surface area contributed by atoms with Gasteiger partial charge in [0.1, 0.15) is 5.75 Å². The van der Waals surface area contributed by atoms with Crippen LogP contribution in [0.5, 0.6) is 5.75 Å². The molecule has 0 amide bonds. The fourth-order valence-electron chi connectivity index (χ4n) is 3.47. The summed E-state index contributed by atoms with van der Waals surface area (Å²) in [6, 6.07) is 14.5. The topological polar surface area (TPSA) is 50.3 Å². The van der Waals surface area contributed by atoms with E-state index in [1.807, 2.05) is 37.5 Å². The van der Waals surface area contributed by atoms with Crippen LogP contribution in [0.4, 0.5) is 5.69 Å². The molecule has 27 heavy (non-hydrogen) atoms. The van der Waals surface area contributed by atoms with E-state index >= 15 is 0 Å². The first-order valence-corrected chi connectivity index (χ1v) is 9.22. The summed E-state index contributed by atoms with van der Waals surface area (Å²) in [5.74, 6) is 0.903. The van der Waals surface area contributed by atoms with Crippen molar-refractivity contribution in [1.82, 2.24) is 14.9 Å². The molecule has 0 saturated carbocycles. The lowest BCUT2D eigenvalue weighted by Gasteiger charge is -2.20. The van der Waals surface area contributed by atoms with Crippen LogP contribution in [0.25, 0.3) is 11.3 Å². The Hall–Kier alpha value is -2.92. The molecule has 0 atom stereocenters. The van der Waals surface area contributed by atoms with E-state index < -0.39 is 0 Å². The minimum absolute atomic E-state index is 0.877. The van der Waals surface area contributed by atoms with Gasteiger partial charge >= 0.3 is 0 Å². The molecule has 0 unspecified atom stereocenters. The monoisotopic (exact) mass is 360 g/mol. The predicted octanol–water partition coefficient (Wildman–Crippen LogP) is 3.89. The maximum atomic E-state index is 5.34. The van der Waals surface area contributed by atoms with Crippen LogP contribution in [0.3, 0.4) is 0 Å². The van der Waals surface area contributed by atoms with Crippen LogP contribution in [0.1, 0.15) is 16.8 Å². The van der Waals surface area contributed by atoms with Crippen molar-refractivity contribution in [2.24, 2.45) is 0 Å². The summed E-state index contributed by atoms with van der Waals surface area (Å²) < 4.78 is 5.34. The van der Waals surface area contributed by atoms with Crippen molar-refractivity contribution < 1.29 is 4.74 Å². The highest BCUT2D eigenvalue weighted by Gasteiger charge is 2.16. The summed E-state index contributed by atoms with van der Waals surface area (Å²) in [6.07, 6.45) is 3.83. The third-order valence-electron chi connectivity index (χ3n) is 4.86. The number of nitrogens with zero attached hydrogens (tertiary/aromatic N) is 3. The normalized spacial score (nSPS) is 14.1. The lowest BCUT2D eigenvalue weighted by molar-refractivity contribution is 0.271. The number of rotatable bonds is 4. The second-order valence-corrected chi connectivity index (χ2v) is 6.90. The maximum Gasteiger partial charge on any atom is 0.119 e. The van der Waals surface area contributed by atoms with Crippen molar-refractivity contribution in [3.05, 3.63) is 71.7 Å². The second-order valence-electron chi connectivity index (χ2n) is 6.90. The number of pyridine rings is 2. The molecule has 1 aliphatic rings. The summed E-state index contributed by atoms with van der Waals surface area (Å²) in [7, 11) is 1.71. The number of fused-ring (bicyclic) bond motifs is 1. The lowest BCUT2D eigenvalue weighted by atomic mass is 10.1. The first-order valence-electron chi connectivity index (χ1n) is 9.22. The van der Waals surface area contributed by atoms with Gasteiger partial charge in [0.05, 0.1) is 12.8 Å². The summed E-state index contributed by atoms with van der Waals surface area (Å²) in [4.78, 5) is 11.4. The van der Waals surface area contributed by atoms with Gasteiger partial charge in [-0.25, -0.2) is 0 Å². The van der Waals surface area contributed by atoms with Gasteiger partial charge in [0.2, 0.25) is 0 Å². The van der Waals surface area contributed by atoms with Crippen LogP contribution in [-0.2, 0) is 13.1 Å². The number of hydrogen-bond acceptors (Lipinski definition) is 5. The van der Waals surface area contributed by atoms with Crippen LogP contribution in [0.15, 0.2) is 54.9 Å². The van der Waals surface area contributed by atoms with E-state index in [2.05, 4.69) is 39.5 Å². The zero-order chi connectivity index (χ0) is 18.6. The van der Waals surface area contributed by atoms with Gasteiger partial charge in [-0.05, 0) is 42.8 Å². The second kappa shape index (κ2) is 7.76. The molecular weight excluding hydrogens is 336 g/mol. The molecule has 0 fully saturated rings. The number of benzene rings is 1. The quantitative estimate of drug-likeness (QED) is 0.765. The van der Waals surface area contributed by atoms with Crippen molar-refractivity contribution >= 4 is 5.69 Å². The predicted molar refractivity (Wildman–Crippen MR) is 108 cm³/mol. The number of ether oxygens (including phenoxy) is 1. The van der Waals surface area contributed by atoms with E-state index in [1.165, 1.54) is 16.8 Å². The van der Waals surface area contributed by atoms with Crippen LogP contribution in [0.2, 0.25) is 0 Å². The van der Waals surface area contributed by atoms with Crippen LogP contribution < -0.4 is 10.1 Å². The number of methoxy groups -OCH3 is 1. The minimum atomic E-state index is 0.877. The number of aromatic nitrogens is 2. The number of nitrogens with one attached hydrogen (secondary N) is 1. The highest BCUT2D eigenvalue weighted by molar-refractivity contribution is 5.66. The molecule has 0 radical (unpaired) electrons. The molecule has 0 aliphatic carbocycles. The van der Waals surface area contributed by atoms with Crippen molar-refractivity contribution in [2.75, 3.05) is 25.5 Å². The van der Waals surface area contributed by atoms with Crippen molar-refractivity contribution in [1.29, 1.82) is 0 Å². The van der Waals surface area contributed by atoms with Crippen LogP contribution in [0, 0.1) is 6.92 Å². The van der Waals surface area contributed by atoms with Gasteiger partial charge in [-0.3, -0.25) is 14.9 Å². The summed E-state index contributed by atoms with van der Waals surface area (Å²) >= 11 is 0. The van der Waals surface area contributed by atoms with Crippen LogP contribution in [-0.4, -0.2) is 35.1 Å². The summed E-state index contributed by atoms with van der Waals surface area (Å²) in [5, 5.41) is 3.57. The van der Waals surface area contributed by atoms with Crippen molar-refractivity contribution in [3.8, 4) is 17.0 Å². The number of aryl methyl sites for hydroxylation is 1. The zero-order valence-corrected chi connectivity index (χ0v) is 15.8. The van der Waals surface area contributed by atoms with Gasteiger partial charge in [-0.2, -0.15) is 0 Å². The molecule has 0 bridgehead atoms. The van der Waals surface area contributed by atoms with E-state index in [0.29, 0.717) is 0 Å². The lowest BCUT2D eigenvalue weighted by Crippen LogP contribution is -2.25. The van der Waals surface area contributed by atoms with Crippen LogP contribution >= 0.6 is 0 Å². The Morgan fingerprint density at radius 3 is 2.93 bits per heavy atom. The van der Waals surface area contributed by atoms with Crippen molar-refractivity contribution in [3.63, 3.8) is 0 Å². The SMILES string of the molecule is COc1cccc(CN2CCNc3cc(-c4ccnc(C)c4)ncc3C2)c1. The number of hydrogen-bond donors (Lipinski definition) is 1. The van der Waals surface area contributed by atoms with Gasteiger partial charge in [0.25, 0.3) is 0 Å². The molecule has 3 heterocycles. The van der Waals surface area contributed by atoms with Gasteiger partial charge in [-0.1, -0.05) is 12.1 Å². The van der Waals surface area contributed by atoms with E-state index in [4.69, 9.17) is 9.72 Å². The minimum Gasteiger partial charge on any atom is -0.497 e. The Kier molecular flexibility index (Phi) is 5.03. The molecule has 0 spiro atoms. The highest BCUT2D eigenvalue weighted by atomic mass is 16.5. The average molecular weight is 360 g/mol. The Bertz CT molecular complexity index is 941. The molecule has 5 heteroatoms. The Balaban J connectivity index is 1.54. The molecule has 5 nitrogen and oxygen atoms in total. The Labute approximate surface area is 160 Å². The van der Waals surface area contributed by atoms with Gasteiger partial charge in [0, 0.05) is 61.1 Å². The third-order valence-corrected chi connectivity index (χ3v) is 4.86. The molecule has 1 aromatic carbocycles. The fourth-order valence-corrected chi connectivity index (χ4v) is 3.47. The summed E-state index contributed by atoms with van der Waals surface area (Å²) in [6.45, 7) is 5.67. The van der Waals surface area contributed by atoms with Gasteiger partial charge in [-0.15, -0.1) is 0 Å². The highest BCUT2D eigenvalue weighted by Crippen LogP contribution is 2.26. The van der Waals surface area contributed by atoms with E-state index in [9.17, 15) is 0 Å². The van der Waals surface area contributed by atoms with Gasteiger partial charge < -0.3 is 10.1 Å². The average Bonchev–Trinajstić information content (AvgIpc) is 2.89. The zero-order valence-electron chi connectivity index (χ0n) is 15.8. The smallest absolute Gasteiger partial charge is 0.119 e. The molecule has 1 aliphatic heterocycles. The molecule has 0 saturated heterocycles. The van der Waals surface area contributed by atoms with Crippen molar-refractivity contribution in [2.45, 2.75) is 20.0 Å². The Morgan fingerprint density at radius 2 is 2.07 bits per heavy atom. The van der Waals surface area contributed by atoms with Gasteiger partial charge in [0.15, 0.2) is 0 Å². The fraction of sp³-hybridized carbons (Fsp3) is 0.273. The largest absolute Gasteiger partial charge is 0.497 e. The molecular formula is C22H24N4O. The van der Waals surface area contributed by atoms with E-state index in [1.54, 1.807) is 7.11 Å².